The molecule has 0 amide bonds. The molecule has 6 nitrogen and oxygen atoms in total. The Morgan fingerprint density at radius 1 is 0.970 bits per heavy atom. The highest BCUT2D eigenvalue weighted by Gasteiger charge is 2.17. The molecule has 4 rings (SSSR count). The SMILES string of the molecule is COc1cc2nccc(Cc3ccc(NS(=O)(=O)c4cccc(C)c4)c(F)c3)c2cc1OC. The number of methoxy groups -OCH3 is 2. The Morgan fingerprint density at radius 3 is 2.42 bits per heavy atom. The molecule has 0 fully saturated rings. The summed E-state index contributed by atoms with van der Waals surface area (Å²) in [5.41, 5.74) is 3.04. The minimum Gasteiger partial charge on any atom is -0.493 e. The van der Waals surface area contributed by atoms with E-state index in [-0.39, 0.29) is 10.6 Å². The third kappa shape index (κ3) is 4.75. The molecule has 1 N–H and O–H groups in total. The molecule has 0 aliphatic rings. The summed E-state index contributed by atoms with van der Waals surface area (Å²) in [7, 11) is -0.776. The van der Waals surface area contributed by atoms with E-state index in [2.05, 4.69) is 9.71 Å². The average Bonchev–Trinajstić information content (AvgIpc) is 2.80. The van der Waals surface area contributed by atoms with Gasteiger partial charge in [-0.3, -0.25) is 9.71 Å². The van der Waals surface area contributed by atoms with Crippen LogP contribution in [-0.4, -0.2) is 27.6 Å². The molecule has 0 saturated carbocycles. The summed E-state index contributed by atoms with van der Waals surface area (Å²) < 4.78 is 53.2. The molecule has 1 heterocycles. The third-order valence-corrected chi connectivity index (χ3v) is 6.67. The van der Waals surface area contributed by atoms with Crippen LogP contribution >= 0.6 is 0 Å². The maximum atomic E-state index is 14.8. The molecule has 3 aromatic carbocycles. The van der Waals surface area contributed by atoms with E-state index >= 15 is 0 Å². The Labute approximate surface area is 192 Å². The normalized spacial score (nSPS) is 11.4. The summed E-state index contributed by atoms with van der Waals surface area (Å²) >= 11 is 0. The van der Waals surface area contributed by atoms with Crippen molar-refractivity contribution in [1.29, 1.82) is 0 Å². The predicted octanol–water partition coefficient (Wildman–Crippen LogP) is 5.09. The van der Waals surface area contributed by atoms with Crippen molar-refractivity contribution in [2.75, 3.05) is 18.9 Å². The number of aromatic nitrogens is 1. The van der Waals surface area contributed by atoms with Crippen LogP contribution in [0.2, 0.25) is 0 Å². The lowest BCUT2D eigenvalue weighted by molar-refractivity contribution is 0.356. The molecule has 0 saturated heterocycles. The molecule has 4 aromatic rings. The number of fused-ring (bicyclic) bond motifs is 1. The van der Waals surface area contributed by atoms with Gasteiger partial charge in [-0.05, 0) is 66.4 Å². The Morgan fingerprint density at radius 2 is 1.73 bits per heavy atom. The van der Waals surface area contributed by atoms with Crippen LogP contribution in [0.1, 0.15) is 16.7 Å². The third-order valence-electron chi connectivity index (χ3n) is 5.31. The monoisotopic (exact) mass is 466 g/mol. The van der Waals surface area contributed by atoms with Crippen molar-refractivity contribution in [3.8, 4) is 11.5 Å². The molecule has 0 radical (unpaired) electrons. The second-order valence-corrected chi connectivity index (χ2v) is 9.29. The van der Waals surface area contributed by atoms with Gasteiger partial charge in [0.1, 0.15) is 5.82 Å². The average molecular weight is 467 g/mol. The first kappa shape index (κ1) is 22.5. The minimum atomic E-state index is -3.90. The Kier molecular flexibility index (Phi) is 6.20. The molecule has 170 valence electrons. The lowest BCUT2D eigenvalue weighted by Gasteiger charge is -2.13. The zero-order valence-corrected chi connectivity index (χ0v) is 19.2. The van der Waals surface area contributed by atoms with Gasteiger partial charge in [-0.1, -0.05) is 18.2 Å². The fourth-order valence-corrected chi connectivity index (χ4v) is 4.81. The van der Waals surface area contributed by atoms with E-state index in [1.54, 1.807) is 51.6 Å². The summed E-state index contributed by atoms with van der Waals surface area (Å²) in [6.45, 7) is 1.79. The van der Waals surface area contributed by atoms with Crippen molar-refractivity contribution in [3.63, 3.8) is 0 Å². The van der Waals surface area contributed by atoms with Gasteiger partial charge in [-0.25, -0.2) is 12.8 Å². The molecule has 8 heteroatoms. The van der Waals surface area contributed by atoms with Gasteiger partial charge >= 0.3 is 0 Å². The fourth-order valence-electron chi connectivity index (χ4n) is 3.64. The van der Waals surface area contributed by atoms with E-state index in [0.717, 1.165) is 22.0 Å². The van der Waals surface area contributed by atoms with E-state index in [0.29, 0.717) is 23.5 Å². The lowest BCUT2D eigenvalue weighted by Crippen LogP contribution is -2.14. The van der Waals surface area contributed by atoms with Gasteiger partial charge < -0.3 is 9.47 Å². The van der Waals surface area contributed by atoms with Crippen LogP contribution in [0.3, 0.4) is 0 Å². The van der Waals surface area contributed by atoms with Crippen LogP contribution in [0.15, 0.2) is 71.8 Å². The number of nitrogens with zero attached hydrogens (tertiary/aromatic N) is 1. The molecular weight excluding hydrogens is 443 g/mol. The quantitative estimate of drug-likeness (QED) is 0.410. The number of nitrogens with one attached hydrogen (secondary N) is 1. The van der Waals surface area contributed by atoms with Gasteiger partial charge in [0.25, 0.3) is 10.0 Å². The Bertz CT molecular complexity index is 1440. The number of benzene rings is 3. The Balaban J connectivity index is 1.62. The minimum absolute atomic E-state index is 0.0820. The van der Waals surface area contributed by atoms with Crippen LogP contribution in [0, 0.1) is 12.7 Å². The zero-order valence-electron chi connectivity index (χ0n) is 18.4. The number of anilines is 1. The van der Waals surface area contributed by atoms with E-state index < -0.39 is 15.8 Å². The molecule has 0 aliphatic carbocycles. The number of hydrogen-bond donors (Lipinski definition) is 1. The van der Waals surface area contributed by atoms with E-state index in [4.69, 9.17) is 9.47 Å². The molecule has 0 unspecified atom stereocenters. The number of sulfonamides is 1. The fraction of sp³-hybridized carbons (Fsp3) is 0.160. The van der Waals surface area contributed by atoms with Crippen LogP contribution in [0.25, 0.3) is 10.9 Å². The van der Waals surface area contributed by atoms with Crippen LogP contribution in [0.4, 0.5) is 10.1 Å². The summed E-state index contributed by atoms with van der Waals surface area (Å²) in [6, 6.07) is 16.4. The Hall–Kier alpha value is -3.65. The first-order valence-electron chi connectivity index (χ1n) is 10.2. The number of hydrogen-bond acceptors (Lipinski definition) is 5. The first-order valence-corrected chi connectivity index (χ1v) is 11.7. The van der Waals surface area contributed by atoms with Gasteiger partial charge in [-0.15, -0.1) is 0 Å². The summed E-state index contributed by atoms with van der Waals surface area (Å²) in [5.74, 6) is 0.499. The number of rotatable bonds is 7. The molecule has 0 atom stereocenters. The molecule has 0 spiro atoms. The van der Waals surface area contributed by atoms with Gasteiger partial charge in [0.15, 0.2) is 11.5 Å². The molecule has 1 aromatic heterocycles. The van der Waals surface area contributed by atoms with Gasteiger partial charge in [0.2, 0.25) is 0 Å². The highest BCUT2D eigenvalue weighted by Crippen LogP contribution is 2.33. The smallest absolute Gasteiger partial charge is 0.261 e. The van der Waals surface area contributed by atoms with Crippen molar-refractivity contribution < 1.29 is 22.3 Å². The van der Waals surface area contributed by atoms with Crippen LogP contribution < -0.4 is 14.2 Å². The van der Waals surface area contributed by atoms with Crippen LogP contribution in [0.5, 0.6) is 11.5 Å². The van der Waals surface area contributed by atoms with Crippen molar-refractivity contribution in [3.05, 3.63) is 89.4 Å². The standard InChI is InChI=1S/C25H23FN2O4S/c1-16-5-4-6-19(11-16)33(29,30)28-22-8-7-17(13-21(22)26)12-18-9-10-27-23-15-25(32-3)24(31-2)14-20(18)23/h4-11,13-15,28H,12H2,1-3H3. The molecule has 33 heavy (non-hydrogen) atoms. The summed E-state index contributed by atoms with van der Waals surface area (Å²) in [4.78, 5) is 4.47. The van der Waals surface area contributed by atoms with Gasteiger partial charge in [0.05, 0.1) is 30.3 Å². The maximum absolute atomic E-state index is 14.8. The van der Waals surface area contributed by atoms with E-state index in [9.17, 15) is 12.8 Å². The molecule has 0 bridgehead atoms. The van der Waals surface area contributed by atoms with Crippen molar-refractivity contribution >= 4 is 26.6 Å². The van der Waals surface area contributed by atoms with Crippen molar-refractivity contribution in [2.24, 2.45) is 0 Å². The first-order chi connectivity index (χ1) is 15.8. The number of pyridine rings is 1. The predicted molar refractivity (Wildman–Crippen MR) is 126 cm³/mol. The maximum Gasteiger partial charge on any atom is 0.261 e. The van der Waals surface area contributed by atoms with Gasteiger partial charge in [-0.2, -0.15) is 0 Å². The highest BCUT2D eigenvalue weighted by molar-refractivity contribution is 7.92. The highest BCUT2D eigenvalue weighted by atomic mass is 32.2. The topological polar surface area (TPSA) is 77.5 Å². The second-order valence-electron chi connectivity index (χ2n) is 7.61. The molecular formula is C25H23FN2O4S. The zero-order chi connectivity index (χ0) is 23.6. The number of halogens is 1. The largest absolute Gasteiger partial charge is 0.493 e. The summed E-state index contributed by atoms with van der Waals surface area (Å²) in [5, 5.41) is 0.861. The van der Waals surface area contributed by atoms with E-state index in [1.807, 2.05) is 12.1 Å². The van der Waals surface area contributed by atoms with E-state index in [1.165, 1.54) is 24.3 Å². The van der Waals surface area contributed by atoms with Crippen molar-refractivity contribution in [1.82, 2.24) is 4.98 Å². The van der Waals surface area contributed by atoms with Crippen LogP contribution in [-0.2, 0) is 16.4 Å². The lowest BCUT2D eigenvalue weighted by atomic mass is 10.0. The van der Waals surface area contributed by atoms with Crippen molar-refractivity contribution in [2.45, 2.75) is 18.2 Å². The summed E-state index contributed by atoms with van der Waals surface area (Å²) in [6.07, 6.45) is 2.11. The van der Waals surface area contributed by atoms with Gasteiger partial charge in [0, 0.05) is 17.6 Å². The second kappa shape index (κ2) is 9.07. The number of ether oxygens (including phenoxy) is 2. The number of aryl methyl sites for hydroxylation is 1. The molecule has 0 aliphatic heterocycles.